The van der Waals surface area contributed by atoms with Gasteiger partial charge in [0, 0.05) is 32.8 Å². The molecule has 1 aliphatic carbocycles. The Hall–Kier alpha value is -1.68. The van der Waals surface area contributed by atoms with Crippen LogP contribution in [0.1, 0.15) is 54.7 Å². The summed E-state index contributed by atoms with van der Waals surface area (Å²) in [6.45, 7) is 7.06. The first kappa shape index (κ1) is 20.6. The van der Waals surface area contributed by atoms with E-state index in [0.717, 1.165) is 44.4 Å². The maximum atomic E-state index is 9.26. The molecule has 156 valence electrons. The Bertz CT molecular complexity index is 718. The standard InChI is InChI=1S/C26H36N2O/c29-16-6-15-28(20-22-7-2-1-3-8-22)21-24-17-26(18-24)25-11-9-23(10-12-25)19-27-13-4-5-14-27/h1-3,7-12,24,26,29H,4-6,13-21H2. The molecule has 0 bridgehead atoms. The summed E-state index contributed by atoms with van der Waals surface area (Å²) < 4.78 is 0. The van der Waals surface area contributed by atoms with E-state index in [1.54, 1.807) is 0 Å². The Labute approximate surface area is 176 Å². The van der Waals surface area contributed by atoms with Gasteiger partial charge < -0.3 is 5.11 Å². The fourth-order valence-corrected chi connectivity index (χ4v) is 4.99. The summed E-state index contributed by atoms with van der Waals surface area (Å²) in [5.41, 5.74) is 4.36. The quantitative estimate of drug-likeness (QED) is 0.637. The van der Waals surface area contributed by atoms with Crippen molar-refractivity contribution in [2.75, 3.05) is 32.8 Å². The third kappa shape index (κ3) is 5.91. The zero-order chi connectivity index (χ0) is 19.9. The highest BCUT2D eigenvalue weighted by Gasteiger charge is 2.31. The fourth-order valence-electron chi connectivity index (χ4n) is 4.99. The molecule has 1 saturated heterocycles. The maximum absolute atomic E-state index is 9.26. The molecule has 1 saturated carbocycles. The molecule has 3 heteroatoms. The lowest BCUT2D eigenvalue weighted by molar-refractivity contribution is 0.143. The first-order valence-corrected chi connectivity index (χ1v) is 11.5. The molecule has 1 aliphatic heterocycles. The van der Waals surface area contributed by atoms with Crippen molar-refractivity contribution in [2.24, 2.45) is 5.92 Å². The van der Waals surface area contributed by atoms with Crippen molar-refractivity contribution in [1.82, 2.24) is 9.80 Å². The topological polar surface area (TPSA) is 26.7 Å². The van der Waals surface area contributed by atoms with Crippen LogP contribution in [0.3, 0.4) is 0 Å². The first-order valence-electron chi connectivity index (χ1n) is 11.5. The van der Waals surface area contributed by atoms with E-state index >= 15 is 0 Å². The summed E-state index contributed by atoms with van der Waals surface area (Å²) in [4.78, 5) is 5.10. The van der Waals surface area contributed by atoms with Crippen LogP contribution < -0.4 is 0 Å². The minimum absolute atomic E-state index is 0.280. The molecule has 0 radical (unpaired) electrons. The van der Waals surface area contributed by atoms with Gasteiger partial charge in [-0.05, 0) is 73.7 Å². The number of likely N-dealkylation sites (tertiary alicyclic amines) is 1. The van der Waals surface area contributed by atoms with Gasteiger partial charge in [-0.25, -0.2) is 0 Å². The van der Waals surface area contributed by atoms with Crippen LogP contribution in [0.2, 0.25) is 0 Å². The fraction of sp³-hybridized carbons (Fsp3) is 0.538. The van der Waals surface area contributed by atoms with Gasteiger partial charge >= 0.3 is 0 Å². The number of nitrogens with zero attached hydrogens (tertiary/aromatic N) is 2. The van der Waals surface area contributed by atoms with E-state index in [9.17, 15) is 5.11 Å². The lowest BCUT2D eigenvalue weighted by Crippen LogP contribution is -2.36. The molecule has 0 unspecified atom stereocenters. The summed E-state index contributed by atoms with van der Waals surface area (Å²) in [6, 6.07) is 20.2. The normalized spacial score (nSPS) is 22.1. The van der Waals surface area contributed by atoms with Crippen LogP contribution in [0, 0.1) is 5.92 Å². The summed E-state index contributed by atoms with van der Waals surface area (Å²) in [5, 5.41) is 9.26. The smallest absolute Gasteiger partial charge is 0.0443 e. The molecule has 1 N–H and O–H groups in total. The van der Waals surface area contributed by atoms with Gasteiger partial charge in [0.1, 0.15) is 0 Å². The molecule has 2 aliphatic rings. The third-order valence-electron chi connectivity index (χ3n) is 6.69. The van der Waals surface area contributed by atoms with Gasteiger partial charge in [0.05, 0.1) is 0 Å². The predicted octanol–water partition coefficient (Wildman–Crippen LogP) is 4.66. The van der Waals surface area contributed by atoms with Gasteiger partial charge in [0.2, 0.25) is 0 Å². The van der Waals surface area contributed by atoms with E-state index in [1.165, 1.54) is 55.5 Å². The minimum Gasteiger partial charge on any atom is -0.396 e. The van der Waals surface area contributed by atoms with Gasteiger partial charge in [-0.2, -0.15) is 0 Å². The Morgan fingerprint density at radius 3 is 2.31 bits per heavy atom. The molecule has 4 rings (SSSR count). The number of aliphatic hydroxyl groups is 1. The molecule has 2 fully saturated rings. The van der Waals surface area contributed by atoms with Crippen molar-refractivity contribution in [3.63, 3.8) is 0 Å². The van der Waals surface area contributed by atoms with Crippen molar-refractivity contribution in [3.8, 4) is 0 Å². The second-order valence-corrected chi connectivity index (χ2v) is 9.06. The molecular weight excluding hydrogens is 356 g/mol. The molecule has 1 heterocycles. The molecule has 0 atom stereocenters. The van der Waals surface area contributed by atoms with Crippen LogP contribution in [-0.2, 0) is 13.1 Å². The summed E-state index contributed by atoms with van der Waals surface area (Å²) >= 11 is 0. The van der Waals surface area contributed by atoms with Gasteiger partial charge in [0.15, 0.2) is 0 Å². The third-order valence-corrected chi connectivity index (χ3v) is 6.69. The van der Waals surface area contributed by atoms with Crippen LogP contribution in [-0.4, -0.2) is 47.7 Å². The zero-order valence-corrected chi connectivity index (χ0v) is 17.7. The molecule has 0 aromatic heterocycles. The molecule has 0 amide bonds. The van der Waals surface area contributed by atoms with Crippen LogP contribution >= 0.6 is 0 Å². The van der Waals surface area contributed by atoms with E-state index in [-0.39, 0.29) is 6.61 Å². The highest BCUT2D eigenvalue weighted by atomic mass is 16.3. The van der Waals surface area contributed by atoms with Crippen molar-refractivity contribution in [1.29, 1.82) is 0 Å². The van der Waals surface area contributed by atoms with Gasteiger partial charge in [-0.3, -0.25) is 9.80 Å². The Balaban J connectivity index is 1.25. The number of aliphatic hydroxyl groups excluding tert-OH is 1. The monoisotopic (exact) mass is 392 g/mol. The highest BCUT2D eigenvalue weighted by molar-refractivity contribution is 5.27. The van der Waals surface area contributed by atoms with Crippen LogP contribution in [0.5, 0.6) is 0 Å². The van der Waals surface area contributed by atoms with Crippen LogP contribution in [0.25, 0.3) is 0 Å². The van der Waals surface area contributed by atoms with E-state index in [0.29, 0.717) is 0 Å². The maximum Gasteiger partial charge on any atom is 0.0443 e. The average molecular weight is 393 g/mol. The summed E-state index contributed by atoms with van der Waals surface area (Å²) in [5.74, 6) is 1.52. The number of hydrogen-bond donors (Lipinski definition) is 1. The second-order valence-electron chi connectivity index (χ2n) is 9.06. The Morgan fingerprint density at radius 1 is 0.897 bits per heavy atom. The van der Waals surface area contributed by atoms with E-state index < -0.39 is 0 Å². The average Bonchev–Trinajstić information content (AvgIpc) is 3.23. The first-order chi connectivity index (χ1) is 14.3. The zero-order valence-electron chi connectivity index (χ0n) is 17.7. The largest absolute Gasteiger partial charge is 0.396 e. The molecule has 2 aromatic carbocycles. The lowest BCUT2D eigenvalue weighted by atomic mass is 9.71. The SMILES string of the molecule is OCCCN(Cc1ccccc1)CC1CC(c2ccc(CN3CCCC3)cc2)C1. The Morgan fingerprint density at radius 2 is 1.62 bits per heavy atom. The van der Waals surface area contributed by atoms with Gasteiger partial charge in [-0.15, -0.1) is 0 Å². The lowest BCUT2D eigenvalue weighted by Gasteiger charge is -2.39. The van der Waals surface area contributed by atoms with Crippen molar-refractivity contribution < 1.29 is 5.11 Å². The number of rotatable bonds is 10. The minimum atomic E-state index is 0.280. The van der Waals surface area contributed by atoms with Crippen molar-refractivity contribution in [2.45, 2.75) is 51.1 Å². The molecule has 3 nitrogen and oxygen atoms in total. The van der Waals surface area contributed by atoms with E-state index in [4.69, 9.17) is 0 Å². The molecule has 2 aromatic rings. The predicted molar refractivity (Wildman–Crippen MR) is 120 cm³/mol. The summed E-state index contributed by atoms with van der Waals surface area (Å²) in [6.07, 6.45) is 6.19. The van der Waals surface area contributed by atoms with Crippen molar-refractivity contribution in [3.05, 3.63) is 71.3 Å². The molecular formula is C26H36N2O. The van der Waals surface area contributed by atoms with E-state index in [2.05, 4.69) is 64.4 Å². The van der Waals surface area contributed by atoms with Gasteiger partial charge in [0.25, 0.3) is 0 Å². The number of hydrogen-bond acceptors (Lipinski definition) is 3. The Kier molecular flexibility index (Phi) is 7.37. The van der Waals surface area contributed by atoms with Gasteiger partial charge in [-0.1, -0.05) is 54.6 Å². The highest BCUT2D eigenvalue weighted by Crippen LogP contribution is 2.42. The molecule has 0 spiro atoms. The van der Waals surface area contributed by atoms with Crippen LogP contribution in [0.15, 0.2) is 54.6 Å². The van der Waals surface area contributed by atoms with Crippen molar-refractivity contribution >= 4 is 0 Å². The second kappa shape index (κ2) is 10.4. The van der Waals surface area contributed by atoms with E-state index in [1.807, 2.05) is 0 Å². The van der Waals surface area contributed by atoms with Crippen LogP contribution in [0.4, 0.5) is 0 Å². The molecule has 29 heavy (non-hydrogen) atoms. The summed E-state index contributed by atoms with van der Waals surface area (Å²) in [7, 11) is 0. The number of benzene rings is 2.